The van der Waals surface area contributed by atoms with E-state index in [1.165, 1.54) is 44.4 Å². The van der Waals surface area contributed by atoms with Crippen LogP contribution in [0.2, 0.25) is 0 Å². The Labute approximate surface area is 241 Å². The van der Waals surface area contributed by atoms with Gasteiger partial charge in [0.1, 0.15) is 10.6 Å². The summed E-state index contributed by atoms with van der Waals surface area (Å²) >= 11 is 2.37. The van der Waals surface area contributed by atoms with E-state index in [1.807, 2.05) is 11.0 Å². The minimum Gasteiger partial charge on any atom is -0.506 e. The van der Waals surface area contributed by atoms with Gasteiger partial charge < -0.3 is 20.6 Å². The number of aromatic hydroxyl groups is 1. The highest BCUT2D eigenvalue weighted by atomic mass is 127. The largest absolute Gasteiger partial charge is 0.506 e. The van der Waals surface area contributed by atoms with Gasteiger partial charge in [0.15, 0.2) is 0 Å². The Morgan fingerprint density at radius 2 is 1.87 bits per heavy atom. The first-order valence-corrected chi connectivity index (χ1v) is 15.2. The van der Waals surface area contributed by atoms with Crippen molar-refractivity contribution in [1.82, 2.24) is 9.21 Å². The highest BCUT2D eigenvalue weighted by Crippen LogP contribution is 2.39. The fourth-order valence-corrected chi connectivity index (χ4v) is 6.41. The topological polar surface area (TPSA) is 84.9 Å². The summed E-state index contributed by atoms with van der Waals surface area (Å²) in [4.78, 5) is 2.03. The van der Waals surface area contributed by atoms with Gasteiger partial charge in [0.2, 0.25) is 10.0 Å². The van der Waals surface area contributed by atoms with Gasteiger partial charge in [-0.1, -0.05) is 47.7 Å². The van der Waals surface area contributed by atoms with Gasteiger partial charge in [-0.25, -0.2) is 12.7 Å². The van der Waals surface area contributed by atoms with Gasteiger partial charge in [0.25, 0.3) is 0 Å². The molecule has 12 heteroatoms. The van der Waals surface area contributed by atoms with Crippen molar-refractivity contribution in [3.05, 3.63) is 65.9 Å². The van der Waals surface area contributed by atoms with Crippen LogP contribution in [0.4, 0.5) is 30.2 Å². The molecule has 3 atom stereocenters. The van der Waals surface area contributed by atoms with Crippen LogP contribution in [0.1, 0.15) is 19.8 Å². The van der Waals surface area contributed by atoms with Crippen molar-refractivity contribution in [1.29, 1.82) is 0 Å². The van der Waals surface area contributed by atoms with Crippen LogP contribution in [-0.2, 0) is 10.0 Å². The maximum atomic E-state index is 14.1. The number of hydrogen-bond acceptors (Lipinski definition) is 6. The molecule has 1 heterocycles. The lowest BCUT2D eigenvalue weighted by Gasteiger charge is -2.31. The van der Waals surface area contributed by atoms with Crippen LogP contribution in [0.15, 0.2) is 70.8 Å². The molecule has 2 aliphatic rings. The van der Waals surface area contributed by atoms with Crippen molar-refractivity contribution in [2.75, 3.05) is 37.8 Å². The van der Waals surface area contributed by atoms with Crippen LogP contribution < -0.4 is 10.6 Å². The summed E-state index contributed by atoms with van der Waals surface area (Å²) in [5.74, 6) is 0.272. The van der Waals surface area contributed by atoms with E-state index in [1.54, 1.807) is 18.2 Å². The van der Waals surface area contributed by atoms with Crippen LogP contribution in [0.3, 0.4) is 0 Å². The molecule has 7 nitrogen and oxygen atoms in total. The van der Waals surface area contributed by atoms with Crippen molar-refractivity contribution in [2.24, 2.45) is 5.92 Å². The quantitative estimate of drug-likeness (QED) is 0.136. The molecule has 0 radical (unpaired) electrons. The molecule has 2 aromatic rings. The van der Waals surface area contributed by atoms with Gasteiger partial charge in [-0.2, -0.15) is 13.2 Å². The van der Waals surface area contributed by atoms with Crippen LogP contribution in [-0.4, -0.2) is 66.1 Å². The van der Waals surface area contributed by atoms with Crippen LogP contribution >= 0.6 is 22.6 Å². The van der Waals surface area contributed by atoms with Crippen molar-refractivity contribution in [2.45, 2.75) is 40.8 Å². The summed E-state index contributed by atoms with van der Waals surface area (Å²) in [6.45, 7) is 3.61. The molecule has 212 valence electrons. The molecule has 39 heavy (non-hydrogen) atoms. The zero-order chi connectivity index (χ0) is 28.5. The number of benzene rings is 2. The second kappa shape index (κ2) is 11.6. The molecular weight excluding hydrogens is 644 g/mol. The van der Waals surface area contributed by atoms with E-state index in [0.29, 0.717) is 21.2 Å². The van der Waals surface area contributed by atoms with E-state index >= 15 is 0 Å². The van der Waals surface area contributed by atoms with Crippen molar-refractivity contribution < 1.29 is 26.7 Å². The molecule has 1 saturated heterocycles. The molecule has 0 amide bonds. The first-order valence-electron chi connectivity index (χ1n) is 12.5. The van der Waals surface area contributed by atoms with E-state index in [2.05, 4.69) is 40.1 Å². The highest BCUT2D eigenvalue weighted by molar-refractivity contribution is 14.1. The Kier molecular flexibility index (Phi) is 8.76. The Morgan fingerprint density at radius 1 is 1.15 bits per heavy atom. The molecule has 3 N–H and O–H groups in total. The Balaban J connectivity index is 1.57. The van der Waals surface area contributed by atoms with Crippen LogP contribution in [0.25, 0.3) is 0 Å². The third-order valence-corrected chi connectivity index (χ3v) is 9.95. The smallest absolute Gasteiger partial charge is 0.414 e. The molecule has 0 bridgehead atoms. The van der Waals surface area contributed by atoms with Gasteiger partial charge in [-0.15, -0.1) is 0 Å². The summed E-state index contributed by atoms with van der Waals surface area (Å²) in [6, 6.07) is 9.50. The van der Waals surface area contributed by atoms with E-state index in [-0.39, 0.29) is 28.4 Å². The van der Waals surface area contributed by atoms with Gasteiger partial charge in [0.05, 0.1) is 23.0 Å². The number of nitrogens with zero attached hydrogens (tertiary/aromatic N) is 2. The summed E-state index contributed by atoms with van der Waals surface area (Å²) in [6.07, 6.45) is -0.335. The summed E-state index contributed by atoms with van der Waals surface area (Å²) in [5.41, 5.74) is 0.675. The maximum absolute atomic E-state index is 14.1. The first-order chi connectivity index (χ1) is 18.3. The molecule has 1 aliphatic heterocycles. The second-order valence-corrected chi connectivity index (χ2v) is 14.1. The van der Waals surface area contributed by atoms with E-state index < -0.39 is 27.8 Å². The molecular formula is C27H32F3IN4O3S. The minimum atomic E-state index is -4.52. The molecule has 4 rings (SSSR count). The number of nitrogens with one attached hydrogen (secondary N) is 2. The lowest BCUT2D eigenvalue weighted by Crippen LogP contribution is -2.34. The van der Waals surface area contributed by atoms with Gasteiger partial charge in [0, 0.05) is 42.5 Å². The molecule has 2 aromatic carbocycles. The number of likely N-dealkylation sites (tertiary alicyclic amines) is 1. The Morgan fingerprint density at radius 3 is 2.51 bits per heavy atom. The molecule has 0 aromatic heterocycles. The van der Waals surface area contributed by atoms with E-state index in [0.717, 1.165) is 23.8 Å². The number of rotatable bonds is 8. The fourth-order valence-electron chi connectivity index (χ4n) is 4.78. The number of allylic oxidation sites excluding steroid dienone is 1. The molecule has 0 saturated carbocycles. The lowest BCUT2D eigenvalue weighted by molar-refractivity contribution is -0.0952. The highest BCUT2D eigenvalue weighted by Gasteiger charge is 2.41. The van der Waals surface area contributed by atoms with Gasteiger partial charge in [-0.3, -0.25) is 0 Å². The molecule has 1 fully saturated rings. The summed E-state index contributed by atoms with van der Waals surface area (Å²) in [7, 11) is -0.962. The number of sulfonamides is 1. The van der Waals surface area contributed by atoms with Crippen LogP contribution in [0, 0.1) is 5.92 Å². The average Bonchev–Trinajstić information content (AvgIpc) is 3.37. The van der Waals surface area contributed by atoms with Gasteiger partial charge >= 0.3 is 6.18 Å². The number of phenols is 1. The average molecular weight is 677 g/mol. The first kappa shape index (κ1) is 29.5. The van der Waals surface area contributed by atoms with Crippen LogP contribution in [0.5, 0.6) is 5.75 Å². The number of halogens is 4. The fraction of sp³-hybridized carbons (Fsp3) is 0.407. The van der Waals surface area contributed by atoms with Gasteiger partial charge in [-0.05, 0) is 55.2 Å². The van der Waals surface area contributed by atoms with E-state index in [4.69, 9.17) is 0 Å². The number of hydrogen-bond donors (Lipinski definition) is 3. The third-order valence-electron chi connectivity index (χ3n) is 7.06. The third kappa shape index (κ3) is 6.65. The SMILES string of the molecule is CC(I)[C@H]1CCN(C2=CCC(Nc3ccc(O)c(Nc4ccccc4S(=O)(=O)N(C)C)c3)C(C(F)(F)F)=C2)C1. The van der Waals surface area contributed by atoms with Crippen molar-refractivity contribution in [3.63, 3.8) is 0 Å². The van der Waals surface area contributed by atoms with E-state index in [9.17, 15) is 26.7 Å². The standard InChI is InChI=1S/C27H32F3IN4O3S/c1-17(31)18-12-13-35(16-18)20-9-10-22(21(15-20)27(28,29)30)32-19-8-11-25(36)24(14-19)33-23-6-4-5-7-26(23)39(37,38)34(2)3/h4-9,11,14-15,17-18,22,32-33,36H,10,12-13,16H2,1-3H3/t17?,18-,22?/m0/s1. The minimum absolute atomic E-state index is 0.00103. The number of para-hydroxylation sites is 1. The number of phenolic OH excluding ortho intramolecular Hbond substituents is 1. The number of alkyl halides is 4. The van der Waals surface area contributed by atoms with Crippen molar-refractivity contribution in [3.8, 4) is 5.75 Å². The maximum Gasteiger partial charge on any atom is 0.414 e. The predicted octanol–water partition coefficient (Wildman–Crippen LogP) is 6.09. The summed E-state index contributed by atoms with van der Waals surface area (Å²) in [5, 5.41) is 16.3. The molecule has 2 unspecified atom stereocenters. The summed E-state index contributed by atoms with van der Waals surface area (Å²) < 4.78 is 69.5. The lowest BCUT2D eigenvalue weighted by atomic mass is 9.95. The molecule has 0 spiro atoms. The zero-order valence-electron chi connectivity index (χ0n) is 21.8. The Bertz CT molecular complexity index is 1380. The predicted molar refractivity (Wildman–Crippen MR) is 156 cm³/mol. The normalized spacial score (nSPS) is 21.0. The Hall–Kier alpha value is -2.45. The number of anilines is 3. The monoisotopic (exact) mass is 676 g/mol. The molecule has 1 aliphatic carbocycles. The van der Waals surface area contributed by atoms with Crippen molar-refractivity contribution >= 4 is 49.7 Å². The zero-order valence-corrected chi connectivity index (χ0v) is 24.8. The second-order valence-electron chi connectivity index (χ2n) is 9.97.